The maximum atomic E-state index is 12.3. The number of hydrogen-bond donors (Lipinski definition) is 0. The van der Waals surface area contributed by atoms with Gasteiger partial charge in [0.05, 0.1) is 11.9 Å². The fourth-order valence-corrected chi connectivity index (χ4v) is 3.14. The summed E-state index contributed by atoms with van der Waals surface area (Å²) in [5, 5.41) is 0. The summed E-state index contributed by atoms with van der Waals surface area (Å²) in [7, 11) is -3.55. The third kappa shape index (κ3) is 3.97. The summed E-state index contributed by atoms with van der Waals surface area (Å²) >= 11 is 0. The summed E-state index contributed by atoms with van der Waals surface area (Å²) in [6, 6.07) is 8.53. The number of benzene rings is 1. The molecule has 8 heteroatoms. The first-order valence-electron chi connectivity index (χ1n) is 6.91. The number of carbonyl (C=O) groups is 2. The number of nitrogens with zero attached hydrogens (tertiary/aromatic N) is 3. The van der Waals surface area contributed by atoms with E-state index in [1.54, 1.807) is 40.1 Å². The van der Waals surface area contributed by atoms with E-state index in [0.29, 0.717) is 31.9 Å². The molecule has 2 rings (SSSR count). The van der Waals surface area contributed by atoms with Crippen LogP contribution in [0.1, 0.15) is 0 Å². The highest BCUT2D eigenvalue weighted by atomic mass is 32.2. The van der Waals surface area contributed by atoms with Crippen LogP contribution < -0.4 is 4.31 Å². The van der Waals surface area contributed by atoms with Gasteiger partial charge < -0.3 is 9.80 Å². The minimum absolute atomic E-state index is 0.232. The molecule has 1 saturated heterocycles. The minimum atomic E-state index is -3.55. The fraction of sp³-hybridized carbons (Fsp3) is 0.429. The number of para-hydroxylation sites is 1. The second-order valence-electron chi connectivity index (χ2n) is 5.13. The third-order valence-electron chi connectivity index (χ3n) is 3.54. The molecule has 1 aliphatic heterocycles. The molecule has 1 aromatic carbocycles. The molecule has 0 bridgehead atoms. The molecule has 0 N–H and O–H groups in total. The molecular weight excluding hydrogens is 306 g/mol. The molecule has 0 aromatic heterocycles. The van der Waals surface area contributed by atoms with Gasteiger partial charge in [-0.3, -0.25) is 13.9 Å². The van der Waals surface area contributed by atoms with Gasteiger partial charge in [-0.25, -0.2) is 8.42 Å². The summed E-state index contributed by atoms with van der Waals surface area (Å²) in [6.07, 6.45) is 1.84. The van der Waals surface area contributed by atoms with Crippen LogP contribution in [-0.4, -0.2) is 69.5 Å². The van der Waals surface area contributed by atoms with Gasteiger partial charge in [0.1, 0.15) is 6.54 Å². The van der Waals surface area contributed by atoms with E-state index in [0.717, 1.165) is 17.0 Å². The van der Waals surface area contributed by atoms with E-state index < -0.39 is 10.0 Å². The van der Waals surface area contributed by atoms with Crippen LogP contribution >= 0.6 is 0 Å². The van der Waals surface area contributed by atoms with E-state index >= 15 is 0 Å². The maximum absolute atomic E-state index is 12.3. The molecule has 0 unspecified atom stereocenters. The van der Waals surface area contributed by atoms with Crippen molar-refractivity contribution in [2.24, 2.45) is 0 Å². The van der Waals surface area contributed by atoms with Gasteiger partial charge in [-0.05, 0) is 12.1 Å². The Morgan fingerprint density at radius 2 is 1.77 bits per heavy atom. The van der Waals surface area contributed by atoms with Gasteiger partial charge in [-0.15, -0.1) is 0 Å². The average molecular weight is 325 g/mol. The van der Waals surface area contributed by atoms with Crippen molar-refractivity contribution in [2.45, 2.75) is 0 Å². The molecule has 7 nitrogen and oxygen atoms in total. The van der Waals surface area contributed by atoms with Crippen LogP contribution in [0.2, 0.25) is 0 Å². The summed E-state index contributed by atoms with van der Waals surface area (Å²) in [5.41, 5.74) is 0.463. The van der Waals surface area contributed by atoms with Gasteiger partial charge in [0, 0.05) is 26.2 Å². The second-order valence-corrected chi connectivity index (χ2v) is 7.03. The lowest BCUT2D eigenvalue weighted by Gasteiger charge is -2.34. The van der Waals surface area contributed by atoms with Crippen molar-refractivity contribution in [3.05, 3.63) is 30.3 Å². The Kier molecular flexibility index (Phi) is 5.02. The van der Waals surface area contributed by atoms with Crippen molar-refractivity contribution >= 4 is 28.0 Å². The summed E-state index contributed by atoms with van der Waals surface area (Å²) in [5.74, 6) is -0.264. The van der Waals surface area contributed by atoms with Crippen molar-refractivity contribution in [3.8, 4) is 0 Å². The number of hydrogen-bond acceptors (Lipinski definition) is 4. The first kappa shape index (κ1) is 16.3. The second kappa shape index (κ2) is 6.78. The molecule has 22 heavy (non-hydrogen) atoms. The predicted octanol–water partition coefficient (Wildman–Crippen LogP) is -0.247. The highest BCUT2D eigenvalue weighted by Gasteiger charge is 2.26. The van der Waals surface area contributed by atoms with Crippen LogP contribution in [0.15, 0.2) is 30.3 Å². The standard InChI is InChI=1S/C14H19N3O4S/c1-22(20,21)17(13-5-3-2-4-6-13)11-14(19)16-9-7-15(12-18)8-10-16/h2-6,12H,7-11H2,1H3. The van der Waals surface area contributed by atoms with Gasteiger partial charge >= 0.3 is 0 Å². The van der Waals surface area contributed by atoms with E-state index in [9.17, 15) is 18.0 Å². The van der Waals surface area contributed by atoms with Crippen LogP contribution in [0.3, 0.4) is 0 Å². The summed E-state index contributed by atoms with van der Waals surface area (Å²) in [4.78, 5) is 26.2. The molecular formula is C14H19N3O4S. The van der Waals surface area contributed by atoms with Crippen LogP contribution in [0.25, 0.3) is 0 Å². The summed E-state index contributed by atoms with van der Waals surface area (Å²) in [6.45, 7) is 1.55. The largest absolute Gasteiger partial charge is 0.342 e. The van der Waals surface area contributed by atoms with Crippen LogP contribution in [-0.2, 0) is 19.6 Å². The Labute approximate surface area is 130 Å². The lowest BCUT2D eigenvalue weighted by Crippen LogP contribution is -2.51. The Hall–Kier alpha value is -2.09. The zero-order chi connectivity index (χ0) is 16.2. The maximum Gasteiger partial charge on any atom is 0.243 e. The molecule has 0 spiro atoms. The smallest absolute Gasteiger partial charge is 0.243 e. The van der Waals surface area contributed by atoms with Gasteiger partial charge in [0.25, 0.3) is 0 Å². The molecule has 0 aliphatic carbocycles. The Morgan fingerprint density at radius 1 is 1.18 bits per heavy atom. The molecule has 0 saturated carbocycles. The molecule has 0 radical (unpaired) electrons. The SMILES string of the molecule is CS(=O)(=O)N(CC(=O)N1CCN(C=O)CC1)c1ccccc1. The number of amides is 2. The van der Waals surface area contributed by atoms with Gasteiger partial charge in [-0.2, -0.15) is 0 Å². The Morgan fingerprint density at radius 3 is 2.27 bits per heavy atom. The number of carbonyl (C=O) groups excluding carboxylic acids is 2. The van der Waals surface area contributed by atoms with E-state index in [4.69, 9.17) is 0 Å². The molecule has 1 aliphatic rings. The van der Waals surface area contributed by atoms with Crippen LogP contribution in [0.5, 0.6) is 0 Å². The van der Waals surface area contributed by atoms with E-state index in [1.807, 2.05) is 0 Å². The average Bonchev–Trinajstić information content (AvgIpc) is 2.52. The molecule has 0 atom stereocenters. The van der Waals surface area contributed by atoms with Crippen molar-refractivity contribution in [1.29, 1.82) is 0 Å². The highest BCUT2D eigenvalue weighted by Crippen LogP contribution is 2.17. The number of rotatable bonds is 5. The topological polar surface area (TPSA) is 78.0 Å². The first-order valence-corrected chi connectivity index (χ1v) is 8.76. The van der Waals surface area contributed by atoms with E-state index in [-0.39, 0.29) is 12.5 Å². The normalized spacial score (nSPS) is 15.5. The van der Waals surface area contributed by atoms with Gasteiger partial charge in [0.2, 0.25) is 22.3 Å². The molecule has 1 heterocycles. The minimum Gasteiger partial charge on any atom is -0.342 e. The van der Waals surface area contributed by atoms with Crippen LogP contribution in [0, 0.1) is 0 Å². The molecule has 1 aromatic rings. The van der Waals surface area contributed by atoms with Gasteiger partial charge in [-0.1, -0.05) is 18.2 Å². The van der Waals surface area contributed by atoms with E-state index in [1.165, 1.54) is 0 Å². The van der Waals surface area contributed by atoms with Crippen molar-refractivity contribution in [1.82, 2.24) is 9.80 Å². The summed E-state index contributed by atoms with van der Waals surface area (Å²) < 4.78 is 25.0. The lowest BCUT2D eigenvalue weighted by molar-refractivity contribution is -0.133. The zero-order valence-corrected chi connectivity index (χ0v) is 13.2. The third-order valence-corrected chi connectivity index (χ3v) is 4.68. The fourth-order valence-electron chi connectivity index (χ4n) is 2.29. The number of sulfonamides is 1. The predicted molar refractivity (Wildman–Crippen MR) is 82.8 cm³/mol. The van der Waals surface area contributed by atoms with Crippen molar-refractivity contribution in [2.75, 3.05) is 43.3 Å². The molecule has 2 amide bonds. The molecule has 1 fully saturated rings. The zero-order valence-electron chi connectivity index (χ0n) is 12.4. The van der Waals surface area contributed by atoms with Crippen molar-refractivity contribution < 1.29 is 18.0 Å². The molecule has 120 valence electrons. The Bertz CT molecular complexity index is 625. The van der Waals surface area contributed by atoms with E-state index in [2.05, 4.69) is 0 Å². The van der Waals surface area contributed by atoms with Gasteiger partial charge in [0.15, 0.2) is 0 Å². The lowest BCUT2D eigenvalue weighted by atomic mass is 10.3. The number of piperazine rings is 1. The van der Waals surface area contributed by atoms with Crippen molar-refractivity contribution in [3.63, 3.8) is 0 Å². The quantitative estimate of drug-likeness (QED) is 0.700. The Balaban J connectivity index is 2.08. The highest BCUT2D eigenvalue weighted by molar-refractivity contribution is 7.92. The number of anilines is 1. The monoisotopic (exact) mass is 325 g/mol. The first-order chi connectivity index (χ1) is 10.4. The van der Waals surface area contributed by atoms with Crippen LogP contribution in [0.4, 0.5) is 5.69 Å².